The van der Waals surface area contributed by atoms with Crippen LogP contribution in [0.15, 0.2) is 24.3 Å². The summed E-state index contributed by atoms with van der Waals surface area (Å²) in [4.78, 5) is 0. The maximum Gasteiger partial charge on any atom is 0.123 e. The molecule has 0 aliphatic rings. The van der Waals surface area contributed by atoms with E-state index < -0.39 is 0 Å². The third kappa shape index (κ3) is 5.18. The van der Waals surface area contributed by atoms with Crippen LogP contribution in [0, 0.1) is 11.2 Å². The normalized spacial score (nSPS) is 14.8. The van der Waals surface area contributed by atoms with Gasteiger partial charge in [-0.05, 0) is 36.0 Å². The summed E-state index contributed by atoms with van der Waals surface area (Å²) in [6.07, 6.45) is 3.36. The highest BCUT2D eigenvalue weighted by Crippen LogP contribution is 2.27. The molecule has 1 atom stereocenters. The fraction of sp³-hybridized carbons (Fsp3) is 0.625. The number of hydrogen-bond acceptors (Lipinski definition) is 1. The van der Waals surface area contributed by atoms with Gasteiger partial charge in [0.05, 0.1) is 0 Å². The van der Waals surface area contributed by atoms with Crippen molar-refractivity contribution in [3.8, 4) is 0 Å². The smallest absolute Gasteiger partial charge is 0.123 e. The lowest BCUT2D eigenvalue weighted by molar-refractivity contribution is 0.267. The zero-order chi connectivity index (χ0) is 13.6. The second-order valence-electron chi connectivity index (χ2n) is 5.90. The van der Waals surface area contributed by atoms with Crippen LogP contribution in [0.3, 0.4) is 0 Å². The van der Waals surface area contributed by atoms with Crippen LogP contribution in [0.1, 0.15) is 46.1 Å². The molecule has 1 N–H and O–H groups in total. The minimum Gasteiger partial charge on any atom is -0.314 e. The molecule has 0 spiro atoms. The van der Waals surface area contributed by atoms with Crippen molar-refractivity contribution in [1.82, 2.24) is 5.32 Å². The van der Waals surface area contributed by atoms with E-state index in [1.807, 2.05) is 12.1 Å². The molecule has 1 aromatic rings. The molecule has 0 aliphatic heterocycles. The van der Waals surface area contributed by atoms with Gasteiger partial charge in [-0.3, -0.25) is 0 Å². The lowest BCUT2D eigenvalue weighted by Gasteiger charge is -2.31. The molecule has 0 radical (unpaired) electrons. The van der Waals surface area contributed by atoms with Gasteiger partial charge in [0, 0.05) is 12.6 Å². The van der Waals surface area contributed by atoms with E-state index in [-0.39, 0.29) is 11.2 Å². The van der Waals surface area contributed by atoms with E-state index in [0.717, 1.165) is 13.0 Å². The number of nitrogens with one attached hydrogen (secondary N) is 1. The van der Waals surface area contributed by atoms with Gasteiger partial charge in [0.15, 0.2) is 0 Å². The van der Waals surface area contributed by atoms with Crippen LogP contribution in [-0.4, -0.2) is 12.6 Å². The number of benzene rings is 1. The van der Waals surface area contributed by atoms with Gasteiger partial charge in [-0.15, -0.1) is 0 Å². The van der Waals surface area contributed by atoms with Crippen molar-refractivity contribution in [2.75, 3.05) is 6.54 Å². The summed E-state index contributed by atoms with van der Waals surface area (Å²) in [7, 11) is 0. The van der Waals surface area contributed by atoms with Crippen LogP contribution < -0.4 is 5.32 Å². The fourth-order valence-corrected chi connectivity index (χ4v) is 2.39. The van der Waals surface area contributed by atoms with E-state index in [9.17, 15) is 4.39 Å². The van der Waals surface area contributed by atoms with Gasteiger partial charge in [-0.25, -0.2) is 4.39 Å². The van der Waals surface area contributed by atoms with Crippen molar-refractivity contribution in [2.45, 2.75) is 53.0 Å². The van der Waals surface area contributed by atoms with Crippen molar-refractivity contribution in [2.24, 2.45) is 5.41 Å². The predicted octanol–water partition coefficient (Wildman–Crippen LogP) is 4.17. The first-order valence-corrected chi connectivity index (χ1v) is 6.93. The average Bonchev–Trinajstić information content (AvgIpc) is 2.30. The van der Waals surface area contributed by atoms with Crippen LogP contribution in [0.4, 0.5) is 4.39 Å². The SMILES string of the molecule is CCCC(C)(CNC(C)C)Cc1ccc(F)cc1. The number of hydrogen-bond donors (Lipinski definition) is 1. The Kier molecular flexibility index (Phi) is 5.80. The van der Waals surface area contributed by atoms with Crippen LogP contribution in [0.2, 0.25) is 0 Å². The number of halogens is 1. The van der Waals surface area contributed by atoms with Gasteiger partial charge < -0.3 is 5.32 Å². The first kappa shape index (κ1) is 15.2. The van der Waals surface area contributed by atoms with Crippen LogP contribution in [-0.2, 0) is 6.42 Å². The highest BCUT2D eigenvalue weighted by Gasteiger charge is 2.23. The molecule has 0 heterocycles. The van der Waals surface area contributed by atoms with Crippen molar-refractivity contribution >= 4 is 0 Å². The highest BCUT2D eigenvalue weighted by molar-refractivity contribution is 5.17. The van der Waals surface area contributed by atoms with E-state index in [0.29, 0.717) is 6.04 Å². The van der Waals surface area contributed by atoms with E-state index >= 15 is 0 Å². The summed E-state index contributed by atoms with van der Waals surface area (Å²) in [5, 5.41) is 3.53. The topological polar surface area (TPSA) is 12.0 Å². The first-order valence-electron chi connectivity index (χ1n) is 6.93. The monoisotopic (exact) mass is 251 g/mol. The third-order valence-electron chi connectivity index (χ3n) is 3.33. The molecule has 0 aliphatic carbocycles. The average molecular weight is 251 g/mol. The predicted molar refractivity (Wildman–Crippen MR) is 76.3 cm³/mol. The summed E-state index contributed by atoms with van der Waals surface area (Å²) in [6.45, 7) is 9.89. The van der Waals surface area contributed by atoms with Gasteiger partial charge in [0.2, 0.25) is 0 Å². The van der Waals surface area contributed by atoms with Gasteiger partial charge >= 0.3 is 0 Å². The molecule has 0 bridgehead atoms. The molecule has 1 unspecified atom stereocenters. The highest BCUT2D eigenvalue weighted by atomic mass is 19.1. The van der Waals surface area contributed by atoms with E-state index in [4.69, 9.17) is 0 Å². The second kappa shape index (κ2) is 6.89. The third-order valence-corrected chi connectivity index (χ3v) is 3.33. The largest absolute Gasteiger partial charge is 0.314 e. The maximum absolute atomic E-state index is 12.9. The molecule has 1 aromatic carbocycles. The van der Waals surface area contributed by atoms with E-state index in [1.165, 1.54) is 18.4 Å². The Morgan fingerprint density at radius 2 is 1.83 bits per heavy atom. The molecular weight excluding hydrogens is 225 g/mol. The molecule has 1 nitrogen and oxygen atoms in total. The summed E-state index contributed by atoms with van der Waals surface area (Å²) in [6, 6.07) is 7.42. The lowest BCUT2D eigenvalue weighted by atomic mass is 9.79. The minimum atomic E-state index is -0.156. The second-order valence-corrected chi connectivity index (χ2v) is 5.90. The lowest BCUT2D eigenvalue weighted by Crippen LogP contribution is -2.37. The molecule has 102 valence electrons. The molecule has 1 rings (SSSR count). The summed E-state index contributed by atoms with van der Waals surface area (Å²) >= 11 is 0. The van der Waals surface area contributed by atoms with Gasteiger partial charge in [0.1, 0.15) is 5.82 Å². The van der Waals surface area contributed by atoms with E-state index in [1.54, 1.807) is 12.1 Å². The Labute approximate surface area is 111 Å². The summed E-state index contributed by atoms with van der Waals surface area (Å²) < 4.78 is 12.9. The molecule has 0 aromatic heterocycles. The van der Waals surface area contributed by atoms with Crippen LogP contribution >= 0.6 is 0 Å². The zero-order valence-electron chi connectivity index (χ0n) is 12.1. The maximum atomic E-state index is 12.9. The van der Waals surface area contributed by atoms with Crippen molar-refractivity contribution in [3.05, 3.63) is 35.6 Å². The molecular formula is C16H26FN. The molecule has 0 fully saturated rings. The Balaban J connectivity index is 2.68. The zero-order valence-corrected chi connectivity index (χ0v) is 12.1. The van der Waals surface area contributed by atoms with Gasteiger partial charge in [-0.2, -0.15) is 0 Å². The standard InChI is InChI=1S/C16H26FN/c1-5-10-16(4,12-18-13(2)3)11-14-6-8-15(17)9-7-14/h6-9,13,18H,5,10-12H2,1-4H3. The van der Waals surface area contributed by atoms with Gasteiger partial charge in [0.25, 0.3) is 0 Å². The number of rotatable bonds is 7. The molecule has 2 heteroatoms. The van der Waals surface area contributed by atoms with Crippen molar-refractivity contribution < 1.29 is 4.39 Å². The van der Waals surface area contributed by atoms with Crippen molar-refractivity contribution in [3.63, 3.8) is 0 Å². The molecule has 0 amide bonds. The molecule has 0 saturated heterocycles. The first-order chi connectivity index (χ1) is 8.45. The quantitative estimate of drug-likeness (QED) is 0.767. The van der Waals surface area contributed by atoms with Gasteiger partial charge in [-0.1, -0.05) is 46.2 Å². The molecule has 0 saturated carbocycles. The Hall–Kier alpha value is -0.890. The fourth-order valence-electron chi connectivity index (χ4n) is 2.39. The Bertz CT molecular complexity index is 345. The Morgan fingerprint density at radius 3 is 2.33 bits per heavy atom. The minimum absolute atomic E-state index is 0.156. The van der Waals surface area contributed by atoms with E-state index in [2.05, 4.69) is 33.0 Å². The summed E-state index contributed by atoms with van der Waals surface area (Å²) in [5.41, 5.74) is 1.47. The summed E-state index contributed by atoms with van der Waals surface area (Å²) in [5.74, 6) is -0.156. The van der Waals surface area contributed by atoms with Crippen molar-refractivity contribution in [1.29, 1.82) is 0 Å². The van der Waals surface area contributed by atoms with Crippen LogP contribution in [0.25, 0.3) is 0 Å². The van der Waals surface area contributed by atoms with Crippen LogP contribution in [0.5, 0.6) is 0 Å². The Morgan fingerprint density at radius 1 is 1.22 bits per heavy atom. The molecule has 18 heavy (non-hydrogen) atoms.